The standard InChI is InChI=1S/C32H63N3/c1-4-7-9-11-13-15-17-19-21-23-25-34(31-32-35-29-27-33(6-3)28-30-35)26-24-22-20-18-16-14-12-10-8-5-2/h13-16H,4-12,17-32H2,1-3H3/b15-13-,16-14-. The van der Waals surface area contributed by atoms with Crippen molar-refractivity contribution in [2.75, 3.05) is 58.9 Å². The van der Waals surface area contributed by atoms with Crippen LogP contribution in [0.1, 0.15) is 124 Å². The summed E-state index contributed by atoms with van der Waals surface area (Å²) in [6, 6.07) is 0. The van der Waals surface area contributed by atoms with Gasteiger partial charge in [-0.15, -0.1) is 0 Å². The van der Waals surface area contributed by atoms with Crippen molar-refractivity contribution in [1.82, 2.24) is 14.7 Å². The molecule has 206 valence electrons. The minimum absolute atomic E-state index is 1.21. The van der Waals surface area contributed by atoms with Crippen molar-refractivity contribution in [3.63, 3.8) is 0 Å². The summed E-state index contributed by atoms with van der Waals surface area (Å²) in [5, 5.41) is 0. The summed E-state index contributed by atoms with van der Waals surface area (Å²) in [6.45, 7) is 18.2. The lowest BCUT2D eigenvalue weighted by atomic mass is 10.1. The van der Waals surface area contributed by atoms with E-state index in [9.17, 15) is 0 Å². The van der Waals surface area contributed by atoms with Gasteiger partial charge in [0.2, 0.25) is 0 Å². The Morgan fingerprint density at radius 1 is 0.486 bits per heavy atom. The zero-order chi connectivity index (χ0) is 25.2. The van der Waals surface area contributed by atoms with Crippen LogP contribution >= 0.6 is 0 Å². The molecule has 0 spiro atoms. The number of unbranched alkanes of at least 4 members (excludes halogenated alkanes) is 12. The maximum Gasteiger partial charge on any atom is 0.0110 e. The van der Waals surface area contributed by atoms with Crippen molar-refractivity contribution in [2.24, 2.45) is 0 Å². The van der Waals surface area contributed by atoms with Crippen LogP contribution in [-0.4, -0.2) is 73.6 Å². The molecule has 0 radical (unpaired) electrons. The van der Waals surface area contributed by atoms with E-state index in [0.717, 1.165) is 0 Å². The number of rotatable bonds is 24. The molecule has 0 atom stereocenters. The summed E-state index contributed by atoms with van der Waals surface area (Å²) in [7, 11) is 0. The van der Waals surface area contributed by atoms with Crippen molar-refractivity contribution < 1.29 is 0 Å². The normalized spacial score (nSPS) is 15.9. The fraction of sp³-hybridized carbons (Fsp3) is 0.875. The molecule has 0 N–H and O–H groups in total. The van der Waals surface area contributed by atoms with Gasteiger partial charge in [0.25, 0.3) is 0 Å². The molecule has 0 amide bonds. The molecule has 35 heavy (non-hydrogen) atoms. The number of allylic oxidation sites excluding steroid dienone is 4. The maximum absolute atomic E-state index is 2.79. The van der Waals surface area contributed by atoms with E-state index in [1.807, 2.05) is 0 Å². The third-order valence-electron chi connectivity index (χ3n) is 7.62. The first-order valence-corrected chi connectivity index (χ1v) is 15.8. The van der Waals surface area contributed by atoms with Gasteiger partial charge in [-0.05, 0) is 83.8 Å². The Balaban J connectivity index is 2.21. The van der Waals surface area contributed by atoms with Gasteiger partial charge in [0.15, 0.2) is 0 Å². The van der Waals surface area contributed by atoms with E-state index in [0.29, 0.717) is 0 Å². The molecule has 0 aromatic rings. The second-order valence-electron chi connectivity index (χ2n) is 10.8. The predicted molar refractivity (Wildman–Crippen MR) is 158 cm³/mol. The first-order chi connectivity index (χ1) is 17.3. The van der Waals surface area contributed by atoms with Gasteiger partial charge < -0.3 is 9.80 Å². The molecule has 0 unspecified atom stereocenters. The van der Waals surface area contributed by atoms with E-state index in [-0.39, 0.29) is 0 Å². The Hall–Kier alpha value is -0.640. The molecule has 0 aliphatic carbocycles. The van der Waals surface area contributed by atoms with Crippen molar-refractivity contribution in [3.8, 4) is 0 Å². The van der Waals surface area contributed by atoms with E-state index >= 15 is 0 Å². The minimum Gasteiger partial charge on any atom is -0.302 e. The van der Waals surface area contributed by atoms with Crippen LogP contribution in [0.3, 0.4) is 0 Å². The number of hydrogen-bond acceptors (Lipinski definition) is 3. The topological polar surface area (TPSA) is 9.72 Å². The van der Waals surface area contributed by atoms with Crippen LogP contribution in [-0.2, 0) is 0 Å². The minimum atomic E-state index is 1.21. The maximum atomic E-state index is 2.79. The molecule has 1 saturated heterocycles. The Labute approximate surface area is 221 Å². The van der Waals surface area contributed by atoms with Crippen LogP contribution in [0.2, 0.25) is 0 Å². The summed E-state index contributed by atoms with van der Waals surface area (Å²) in [6.07, 6.45) is 31.2. The second-order valence-corrected chi connectivity index (χ2v) is 10.8. The summed E-state index contributed by atoms with van der Waals surface area (Å²) in [4.78, 5) is 8.07. The molecule has 1 rings (SSSR count). The fourth-order valence-electron chi connectivity index (χ4n) is 4.99. The molecule has 0 saturated carbocycles. The molecule has 1 aliphatic heterocycles. The highest BCUT2D eigenvalue weighted by Gasteiger charge is 2.16. The van der Waals surface area contributed by atoms with Crippen molar-refractivity contribution in [1.29, 1.82) is 0 Å². The number of hydrogen-bond donors (Lipinski definition) is 0. The third kappa shape index (κ3) is 20.1. The van der Waals surface area contributed by atoms with Gasteiger partial charge in [-0.1, -0.05) is 83.6 Å². The van der Waals surface area contributed by atoms with Crippen molar-refractivity contribution >= 4 is 0 Å². The molecule has 0 bridgehead atoms. The highest BCUT2D eigenvalue weighted by atomic mass is 15.3. The smallest absolute Gasteiger partial charge is 0.0110 e. The van der Waals surface area contributed by atoms with Crippen molar-refractivity contribution in [2.45, 2.75) is 124 Å². The first kappa shape index (κ1) is 32.4. The van der Waals surface area contributed by atoms with Gasteiger partial charge in [-0.25, -0.2) is 0 Å². The lowest BCUT2D eigenvalue weighted by Gasteiger charge is -2.35. The monoisotopic (exact) mass is 490 g/mol. The van der Waals surface area contributed by atoms with Crippen LogP contribution in [0.4, 0.5) is 0 Å². The van der Waals surface area contributed by atoms with Crippen LogP contribution < -0.4 is 0 Å². The van der Waals surface area contributed by atoms with Crippen LogP contribution in [0, 0.1) is 0 Å². The average molecular weight is 490 g/mol. The van der Waals surface area contributed by atoms with Crippen LogP contribution in [0.5, 0.6) is 0 Å². The van der Waals surface area contributed by atoms with Crippen molar-refractivity contribution in [3.05, 3.63) is 24.3 Å². The van der Waals surface area contributed by atoms with Gasteiger partial charge in [0, 0.05) is 39.3 Å². The fourth-order valence-corrected chi connectivity index (χ4v) is 4.99. The van der Waals surface area contributed by atoms with Gasteiger partial charge in [-0.3, -0.25) is 4.90 Å². The van der Waals surface area contributed by atoms with Gasteiger partial charge >= 0.3 is 0 Å². The number of likely N-dealkylation sites (N-methyl/N-ethyl adjacent to an activating group) is 1. The quantitative estimate of drug-likeness (QED) is 0.0996. The second kappa shape index (κ2) is 25.0. The largest absolute Gasteiger partial charge is 0.302 e. The van der Waals surface area contributed by atoms with Gasteiger partial charge in [0.05, 0.1) is 0 Å². The highest BCUT2D eigenvalue weighted by Crippen LogP contribution is 2.09. The molecule has 3 nitrogen and oxygen atoms in total. The Morgan fingerprint density at radius 2 is 0.914 bits per heavy atom. The molecular formula is C32H63N3. The van der Waals surface area contributed by atoms with Crippen LogP contribution in [0.25, 0.3) is 0 Å². The lowest BCUT2D eigenvalue weighted by Crippen LogP contribution is -2.48. The summed E-state index contributed by atoms with van der Waals surface area (Å²) < 4.78 is 0. The first-order valence-electron chi connectivity index (χ1n) is 15.8. The average Bonchev–Trinajstić information content (AvgIpc) is 2.89. The SMILES string of the molecule is CCCCC/C=C\CCCCCN(CCCCC/C=C\CCCCC)CCN1CCN(CC)CC1. The zero-order valence-electron chi connectivity index (χ0n) is 24.3. The molecule has 1 heterocycles. The Bertz CT molecular complexity index is 449. The van der Waals surface area contributed by atoms with E-state index in [4.69, 9.17) is 0 Å². The lowest BCUT2D eigenvalue weighted by molar-refractivity contribution is 0.121. The number of nitrogens with zero attached hydrogens (tertiary/aromatic N) is 3. The van der Waals surface area contributed by atoms with E-state index in [1.165, 1.54) is 162 Å². The predicted octanol–water partition coefficient (Wildman–Crippen LogP) is 8.32. The Kier molecular flexibility index (Phi) is 23.2. The van der Waals surface area contributed by atoms with Gasteiger partial charge in [0.1, 0.15) is 0 Å². The third-order valence-corrected chi connectivity index (χ3v) is 7.62. The summed E-state index contributed by atoms with van der Waals surface area (Å²) in [5.74, 6) is 0. The summed E-state index contributed by atoms with van der Waals surface area (Å²) >= 11 is 0. The van der Waals surface area contributed by atoms with E-state index in [1.54, 1.807) is 0 Å². The molecular weight excluding hydrogens is 426 g/mol. The Morgan fingerprint density at radius 3 is 1.34 bits per heavy atom. The van der Waals surface area contributed by atoms with Gasteiger partial charge in [-0.2, -0.15) is 0 Å². The molecule has 3 heteroatoms. The molecule has 1 fully saturated rings. The molecule has 1 aliphatic rings. The molecule has 0 aromatic heterocycles. The zero-order valence-corrected chi connectivity index (χ0v) is 24.3. The summed E-state index contributed by atoms with van der Waals surface area (Å²) in [5.41, 5.74) is 0. The van der Waals surface area contributed by atoms with Crippen LogP contribution in [0.15, 0.2) is 24.3 Å². The number of piperazine rings is 1. The molecule has 0 aromatic carbocycles. The van der Waals surface area contributed by atoms with E-state index in [2.05, 4.69) is 59.8 Å². The highest BCUT2D eigenvalue weighted by molar-refractivity contribution is 4.82. The van der Waals surface area contributed by atoms with E-state index < -0.39 is 0 Å².